The highest BCUT2D eigenvalue weighted by Crippen LogP contribution is 2.23. The van der Waals surface area contributed by atoms with Gasteiger partial charge in [0.15, 0.2) is 0 Å². The number of azide groups is 1. The Balaban J connectivity index is 2.43. The van der Waals surface area contributed by atoms with E-state index >= 15 is 0 Å². The van der Waals surface area contributed by atoms with E-state index in [1.165, 1.54) is 19.2 Å². The topological polar surface area (TPSA) is 107 Å². The van der Waals surface area contributed by atoms with Gasteiger partial charge in [0, 0.05) is 24.1 Å². The Morgan fingerprint density at radius 1 is 1.53 bits per heavy atom. The Morgan fingerprint density at radius 2 is 2.32 bits per heavy atom. The average molecular weight is 264 g/mol. The number of nitrogens with zero attached hydrogens (tertiary/aromatic N) is 3. The molecule has 7 nitrogen and oxygen atoms in total. The number of unbranched alkanes of at least 4 members (excludes halogenated alkanes) is 1. The van der Waals surface area contributed by atoms with Gasteiger partial charge in [-0.2, -0.15) is 0 Å². The van der Waals surface area contributed by atoms with Gasteiger partial charge in [-0.05, 0) is 30.5 Å². The minimum Gasteiger partial charge on any atom is -0.507 e. The number of ether oxygens (including phenoxy) is 1. The molecule has 1 rings (SSSR count). The molecule has 2 N–H and O–H groups in total. The molecule has 0 unspecified atom stereocenters. The van der Waals surface area contributed by atoms with Crippen LogP contribution in [0.1, 0.15) is 23.2 Å². The van der Waals surface area contributed by atoms with Crippen molar-refractivity contribution < 1.29 is 14.6 Å². The van der Waals surface area contributed by atoms with Crippen molar-refractivity contribution in [2.24, 2.45) is 5.11 Å². The zero-order chi connectivity index (χ0) is 14.1. The van der Waals surface area contributed by atoms with Gasteiger partial charge >= 0.3 is 0 Å². The number of hydrogen-bond acceptors (Lipinski definition) is 4. The van der Waals surface area contributed by atoms with Crippen molar-refractivity contribution in [1.29, 1.82) is 0 Å². The summed E-state index contributed by atoms with van der Waals surface area (Å²) in [5, 5.41) is 15.7. The number of carbonyl (C=O) groups is 1. The molecule has 0 saturated heterocycles. The van der Waals surface area contributed by atoms with Crippen LogP contribution in [0.5, 0.6) is 11.5 Å². The first-order valence-electron chi connectivity index (χ1n) is 5.85. The highest BCUT2D eigenvalue weighted by atomic mass is 16.5. The number of benzene rings is 1. The second-order valence-electron chi connectivity index (χ2n) is 3.80. The molecule has 0 bridgehead atoms. The Hall–Kier alpha value is -2.40. The van der Waals surface area contributed by atoms with Crippen LogP contribution in [-0.4, -0.2) is 31.2 Å². The molecule has 0 saturated carbocycles. The third-order valence-electron chi connectivity index (χ3n) is 2.48. The highest BCUT2D eigenvalue weighted by Gasteiger charge is 2.10. The van der Waals surface area contributed by atoms with Gasteiger partial charge in [-0.25, -0.2) is 0 Å². The minimum atomic E-state index is -0.344. The second kappa shape index (κ2) is 7.84. The van der Waals surface area contributed by atoms with Gasteiger partial charge in [0.1, 0.15) is 11.5 Å². The first-order chi connectivity index (χ1) is 9.19. The van der Waals surface area contributed by atoms with Crippen molar-refractivity contribution in [2.75, 3.05) is 20.2 Å². The van der Waals surface area contributed by atoms with E-state index in [9.17, 15) is 9.90 Å². The fourth-order valence-corrected chi connectivity index (χ4v) is 1.48. The van der Waals surface area contributed by atoms with Crippen molar-refractivity contribution in [1.82, 2.24) is 5.32 Å². The number of rotatable bonds is 7. The number of phenolic OH excluding ortho intramolecular Hbond substituents is 1. The van der Waals surface area contributed by atoms with Gasteiger partial charge in [-0.15, -0.1) is 0 Å². The van der Waals surface area contributed by atoms with Crippen molar-refractivity contribution in [3.63, 3.8) is 0 Å². The summed E-state index contributed by atoms with van der Waals surface area (Å²) in [5.74, 6) is 0.0262. The largest absolute Gasteiger partial charge is 0.507 e. The van der Waals surface area contributed by atoms with Gasteiger partial charge in [0.2, 0.25) is 0 Å². The molecule has 102 valence electrons. The lowest BCUT2D eigenvalue weighted by Gasteiger charge is -2.07. The Kier molecular flexibility index (Phi) is 6.05. The first-order valence-corrected chi connectivity index (χ1v) is 5.85. The lowest BCUT2D eigenvalue weighted by molar-refractivity contribution is 0.0950. The Labute approximate surface area is 110 Å². The molecule has 0 aliphatic carbocycles. The van der Waals surface area contributed by atoms with E-state index in [1.54, 1.807) is 6.07 Å². The van der Waals surface area contributed by atoms with Crippen LogP contribution in [-0.2, 0) is 0 Å². The van der Waals surface area contributed by atoms with Crippen LogP contribution in [0, 0.1) is 0 Å². The zero-order valence-corrected chi connectivity index (χ0v) is 10.7. The predicted octanol–water partition coefficient (Wildman–Crippen LogP) is 2.22. The summed E-state index contributed by atoms with van der Waals surface area (Å²) in [6, 6.07) is 4.50. The van der Waals surface area contributed by atoms with Crippen molar-refractivity contribution in [2.45, 2.75) is 12.8 Å². The lowest BCUT2D eigenvalue weighted by Crippen LogP contribution is -2.24. The molecule has 1 aromatic carbocycles. The summed E-state index contributed by atoms with van der Waals surface area (Å²) in [6.07, 6.45) is 1.42. The predicted molar refractivity (Wildman–Crippen MR) is 70.2 cm³/mol. The smallest absolute Gasteiger partial charge is 0.255 e. The summed E-state index contributed by atoms with van der Waals surface area (Å²) in [7, 11) is 1.48. The van der Waals surface area contributed by atoms with Gasteiger partial charge < -0.3 is 15.2 Å². The molecule has 0 heterocycles. The number of methoxy groups -OCH3 is 1. The van der Waals surface area contributed by atoms with Gasteiger partial charge in [-0.3, -0.25) is 4.79 Å². The second-order valence-corrected chi connectivity index (χ2v) is 3.80. The van der Waals surface area contributed by atoms with E-state index in [2.05, 4.69) is 15.3 Å². The maximum absolute atomic E-state index is 11.8. The standard InChI is InChI=1S/C12H16N4O3/c1-19-9-4-5-10(11(17)8-9)12(18)14-6-2-3-7-15-16-13/h4-5,8,17H,2-3,6-7H2,1H3,(H,14,18). The summed E-state index contributed by atoms with van der Waals surface area (Å²) < 4.78 is 4.93. The number of hydrogen-bond donors (Lipinski definition) is 2. The summed E-state index contributed by atoms with van der Waals surface area (Å²) in [6.45, 7) is 0.880. The van der Waals surface area contributed by atoms with Crippen LogP contribution in [0.15, 0.2) is 23.3 Å². The van der Waals surface area contributed by atoms with Gasteiger partial charge in [0.25, 0.3) is 5.91 Å². The van der Waals surface area contributed by atoms with Crippen molar-refractivity contribution in [3.8, 4) is 11.5 Å². The SMILES string of the molecule is COc1ccc(C(=O)NCCCCN=[N+]=[N-])c(O)c1. The van der Waals surface area contributed by atoms with E-state index in [0.29, 0.717) is 31.7 Å². The molecule has 0 aromatic heterocycles. The molecular weight excluding hydrogens is 248 g/mol. The molecule has 19 heavy (non-hydrogen) atoms. The maximum Gasteiger partial charge on any atom is 0.255 e. The average Bonchev–Trinajstić information content (AvgIpc) is 2.42. The highest BCUT2D eigenvalue weighted by molar-refractivity contribution is 5.96. The van der Waals surface area contributed by atoms with Gasteiger partial charge in [0.05, 0.1) is 12.7 Å². The molecule has 0 spiro atoms. The number of amides is 1. The van der Waals surface area contributed by atoms with Crippen molar-refractivity contribution in [3.05, 3.63) is 34.2 Å². The van der Waals surface area contributed by atoms with E-state index in [0.717, 1.165) is 0 Å². The molecule has 1 aromatic rings. The van der Waals surface area contributed by atoms with Crippen LogP contribution in [0.25, 0.3) is 10.4 Å². The van der Waals surface area contributed by atoms with Crippen LogP contribution < -0.4 is 10.1 Å². The maximum atomic E-state index is 11.8. The third kappa shape index (κ3) is 4.77. The summed E-state index contributed by atoms with van der Waals surface area (Å²) >= 11 is 0. The molecule has 1 amide bonds. The van der Waals surface area contributed by atoms with E-state index in [4.69, 9.17) is 10.3 Å². The fourth-order valence-electron chi connectivity index (χ4n) is 1.48. The molecule has 0 aliphatic rings. The van der Waals surface area contributed by atoms with Crippen LogP contribution in [0.4, 0.5) is 0 Å². The summed E-state index contributed by atoms with van der Waals surface area (Å²) in [5.41, 5.74) is 8.29. The van der Waals surface area contributed by atoms with E-state index in [-0.39, 0.29) is 17.2 Å². The lowest BCUT2D eigenvalue weighted by atomic mass is 10.1. The molecule has 0 atom stereocenters. The quantitative estimate of drug-likeness (QED) is 0.341. The zero-order valence-electron chi connectivity index (χ0n) is 10.7. The molecule has 0 fully saturated rings. The minimum absolute atomic E-state index is 0.120. The number of carbonyl (C=O) groups excluding carboxylic acids is 1. The normalized spacial score (nSPS) is 9.53. The number of nitrogens with one attached hydrogen (secondary N) is 1. The fraction of sp³-hybridized carbons (Fsp3) is 0.417. The van der Waals surface area contributed by atoms with E-state index < -0.39 is 0 Å². The molecular formula is C12H16N4O3. The van der Waals surface area contributed by atoms with Crippen molar-refractivity contribution >= 4 is 5.91 Å². The van der Waals surface area contributed by atoms with Crippen LogP contribution in [0.2, 0.25) is 0 Å². The Bertz CT molecular complexity index is 484. The number of aromatic hydroxyl groups is 1. The first kappa shape index (κ1) is 14.7. The van der Waals surface area contributed by atoms with Crippen LogP contribution >= 0.6 is 0 Å². The van der Waals surface area contributed by atoms with E-state index in [1.807, 2.05) is 0 Å². The monoisotopic (exact) mass is 264 g/mol. The Morgan fingerprint density at radius 3 is 2.95 bits per heavy atom. The third-order valence-corrected chi connectivity index (χ3v) is 2.48. The summed E-state index contributed by atoms with van der Waals surface area (Å²) in [4.78, 5) is 14.4. The molecule has 7 heteroatoms. The van der Waals surface area contributed by atoms with Crippen LogP contribution in [0.3, 0.4) is 0 Å². The molecule has 0 radical (unpaired) electrons. The molecule has 0 aliphatic heterocycles. The van der Waals surface area contributed by atoms with Gasteiger partial charge in [-0.1, -0.05) is 5.11 Å². The number of phenols is 1.